The summed E-state index contributed by atoms with van der Waals surface area (Å²) in [6.45, 7) is 0. The van der Waals surface area contributed by atoms with Crippen molar-refractivity contribution in [1.29, 1.82) is 0 Å². The van der Waals surface area contributed by atoms with Crippen molar-refractivity contribution in [1.82, 2.24) is 10.2 Å². The summed E-state index contributed by atoms with van der Waals surface area (Å²) in [6, 6.07) is 12.7. The second-order valence-electron chi connectivity index (χ2n) is 7.84. The number of hydrogen-bond donors (Lipinski definition) is 3. The number of benzene rings is 2. The number of carbonyl (C=O) groups is 2. The van der Waals surface area contributed by atoms with Crippen molar-refractivity contribution in [2.45, 2.75) is 31.1 Å². The van der Waals surface area contributed by atoms with Gasteiger partial charge in [-0.25, -0.2) is 0 Å². The Labute approximate surface area is 173 Å². The van der Waals surface area contributed by atoms with Crippen molar-refractivity contribution in [3.05, 3.63) is 59.8 Å². The number of amides is 2. The fraction of sp³-hybridized carbons (Fsp3) is 0.261. The molecule has 1 aliphatic heterocycles. The van der Waals surface area contributed by atoms with Gasteiger partial charge in [-0.05, 0) is 55.3 Å². The number of nitrogens with one attached hydrogen (secondary N) is 3. The van der Waals surface area contributed by atoms with Crippen LogP contribution >= 0.6 is 0 Å². The van der Waals surface area contributed by atoms with Crippen LogP contribution in [0.25, 0.3) is 11.3 Å². The molecular formula is C23H22N4O3. The quantitative estimate of drug-likeness (QED) is 0.612. The first-order chi connectivity index (χ1) is 14.6. The van der Waals surface area contributed by atoms with Gasteiger partial charge in [-0.2, -0.15) is 5.10 Å². The number of methoxy groups -OCH3 is 1. The highest BCUT2D eigenvalue weighted by atomic mass is 16.5. The van der Waals surface area contributed by atoms with E-state index in [9.17, 15) is 9.59 Å². The highest BCUT2D eigenvalue weighted by Crippen LogP contribution is 2.52. The minimum absolute atomic E-state index is 0.0310. The third-order valence-electron chi connectivity index (χ3n) is 6.16. The Kier molecular flexibility index (Phi) is 4.31. The van der Waals surface area contributed by atoms with Crippen LogP contribution in [-0.2, 0) is 10.2 Å². The second kappa shape index (κ2) is 7.02. The molecule has 0 atom stereocenters. The van der Waals surface area contributed by atoms with E-state index in [1.165, 1.54) is 0 Å². The maximum Gasteiger partial charge on any atom is 0.255 e. The molecule has 0 radical (unpaired) electrons. The van der Waals surface area contributed by atoms with Gasteiger partial charge in [0.05, 0.1) is 18.2 Å². The SMILES string of the molecule is COc1ccc(NC(=O)c2cc3c(c(-c4ccn[nH]4)c2)C2(CCCC2)C(=O)N3)cc1. The zero-order valence-electron chi connectivity index (χ0n) is 16.6. The van der Waals surface area contributed by atoms with Gasteiger partial charge in [-0.15, -0.1) is 0 Å². The zero-order valence-corrected chi connectivity index (χ0v) is 16.6. The zero-order chi connectivity index (χ0) is 20.7. The van der Waals surface area contributed by atoms with Crippen molar-refractivity contribution < 1.29 is 14.3 Å². The molecule has 2 aliphatic rings. The molecule has 30 heavy (non-hydrogen) atoms. The molecule has 1 fully saturated rings. The van der Waals surface area contributed by atoms with E-state index in [2.05, 4.69) is 20.8 Å². The summed E-state index contributed by atoms with van der Waals surface area (Å²) < 4.78 is 5.16. The van der Waals surface area contributed by atoms with Gasteiger partial charge in [0, 0.05) is 34.3 Å². The first-order valence-corrected chi connectivity index (χ1v) is 10.1. The Morgan fingerprint density at radius 1 is 1.13 bits per heavy atom. The van der Waals surface area contributed by atoms with Crippen LogP contribution in [0, 0.1) is 0 Å². The molecule has 3 aromatic rings. The Morgan fingerprint density at radius 2 is 1.90 bits per heavy atom. The van der Waals surface area contributed by atoms with Gasteiger partial charge in [0.1, 0.15) is 5.75 Å². The number of hydrogen-bond acceptors (Lipinski definition) is 4. The lowest BCUT2D eigenvalue weighted by atomic mass is 9.77. The summed E-state index contributed by atoms with van der Waals surface area (Å²) in [5.41, 5.74) is 3.98. The molecule has 2 heterocycles. The van der Waals surface area contributed by atoms with Gasteiger partial charge in [-0.1, -0.05) is 12.8 Å². The lowest BCUT2D eigenvalue weighted by molar-refractivity contribution is -0.120. The minimum Gasteiger partial charge on any atom is -0.497 e. The number of rotatable bonds is 4. The van der Waals surface area contributed by atoms with Gasteiger partial charge < -0.3 is 15.4 Å². The van der Waals surface area contributed by atoms with Gasteiger partial charge in [0.25, 0.3) is 5.91 Å². The molecule has 3 N–H and O–H groups in total. The molecule has 0 saturated heterocycles. The van der Waals surface area contributed by atoms with E-state index >= 15 is 0 Å². The fourth-order valence-corrected chi connectivity index (χ4v) is 4.69. The summed E-state index contributed by atoms with van der Waals surface area (Å²) in [7, 11) is 1.60. The van der Waals surface area contributed by atoms with E-state index in [0.717, 1.165) is 48.3 Å². The number of ether oxygens (including phenoxy) is 1. The molecule has 1 spiro atoms. The van der Waals surface area contributed by atoms with Crippen molar-refractivity contribution in [3.8, 4) is 17.0 Å². The number of aromatic amines is 1. The van der Waals surface area contributed by atoms with Gasteiger partial charge in [0.15, 0.2) is 0 Å². The standard InChI is InChI=1S/C23H22N4O3/c1-30-16-6-4-15(5-7-16)25-21(28)14-12-17(18-8-11-24-27-18)20-19(13-14)26-22(29)23(20)9-2-3-10-23/h4-8,11-13H,2-3,9-10H2,1H3,(H,24,27)(H,25,28)(H,26,29). The van der Waals surface area contributed by atoms with Crippen LogP contribution in [-0.4, -0.2) is 29.1 Å². The molecule has 1 aliphatic carbocycles. The van der Waals surface area contributed by atoms with Crippen molar-refractivity contribution in [2.75, 3.05) is 17.7 Å². The van der Waals surface area contributed by atoms with E-state index in [4.69, 9.17) is 4.74 Å². The Balaban J connectivity index is 1.56. The van der Waals surface area contributed by atoms with Crippen LogP contribution in [0.4, 0.5) is 11.4 Å². The molecule has 1 aromatic heterocycles. The summed E-state index contributed by atoms with van der Waals surface area (Å²) in [5.74, 6) is 0.505. The predicted octanol–water partition coefficient (Wildman–Crippen LogP) is 4.10. The van der Waals surface area contributed by atoms with Gasteiger partial charge in [-0.3, -0.25) is 14.7 Å². The Bertz CT molecular complexity index is 1110. The topological polar surface area (TPSA) is 96.1 Å². The Hall–Kier alpha value is -3.61. The average molecular weight is 402 g/mol. The first-order valence-electron chi connectivity index (χ1n) is 10.1. The van der Waals surface area contributed by atoms with Crippen LogP contribution in [0.2, 0.25) is 0 Å². The van der Waals surface area contributed by atoms with E-state index in [0.29, 0.717) is 16.9 Å². The number of fused-ring (bicyclic) bond motifs is 2. The van der Waals surface area contributed by atoms with Gasteiger partial charge >= 0.3 is 0 Å². The third kappa shape index (κ3) is 2.85. The number of anilines is 2. The van der Waals surface area contributed by atoms with Crippen LogP contribution < -0.4 is 15.4 Å². The van der Waals surface area contributed by atoms with Crippen molar-refractivity contribution in [2.24, 2.45) is 0 Å². The molecule has 2 aromatic carbocycles. The monoisotopic (exact) mass is 402 g/mol. The molecule has 152 valence electrons. The summed E-state index contributed by atoms with van der Waals surface area (Å²) >= 11 is 0. The summed E-state index contributed by atoms with van der Waals surface area (Å²) in [5, 5.41) is 13.0. The van der Waals surface area contributed by atoms with Gasteiger partial charge in [0.2, 0.25) is 5.91 Å². The number of H-pyrrole nitrogens is 1. The molecule has 2 amide bonds. The lowest BCUT2D eigenvalue weighted by Gasteiger charge is -2.23. The molecule has 7 heteroatoms. The normalized spacial score (nSPS) is 16.4. The maximum absolute atomic E-state index is 13.0. The van der Waals surface area contributed by atoms with Crippen LogP contribution in [0.15, 0.2) is 48.7 Å². The van der Waals surface area contributed by atoms with Crippen LogP contribution in [0.5, 0.6) is 5.75 Å². The summed E-state index contributed by atoms with van der Waals surface area (Å²) in [4.78, 5) is 26.0. The van der Waals surface area contributed by atoms with E-state index < -0.39 is 5.41 Å². The van der Waals surface area contributed by atoms with E-state index in [-0.39, 0.29) is 11.8 Å². The summed E-state index contributed by atoms with van der Waals surface area (Å²) in [6.07, 6.45) is 5.37. The van der Waals surface area contributed by atoms with E-state index in [1.807, 2.05) is 12.1 Å². The maximum atomic E-state index is 13.0. The molecule has 0 bridgehead atoms. The third-order valence-corrected chi connectivity index (χ3v) is 6.16. The van der Waals surface area contributed by atoms with Crippen molar-refractivity contribution >= 4 is 23.2 Å². The molecule has 1 saturated carbocycles. The molecule has 7 nitrogen and oxygen atoms in total. The second-order valence-corrected chi connectivity index (χ2v) is 7.84. The predicted molar refractivity (Wildman–Crippen MR) is 114 cm³/mol. The van der Waals surface area contributed by atoms with E-state index in [1.54, 1.807) is 43.6 Å². The number of aromatic nitrogens is 2. The van der Waals surface area contributed by atoms with Crippen LogP contribution in [0.3, 0.4) is 0 Å². The average Bonchev–Trinajstić information content (AvgIpc) is 3.51. The largest absolute Gasteiger partial charge is 0.497 e. The first kappa shape index (κ1) is 18.4. The Morgan fingerprint density at radius 3 is 2.57 bits per heavy atom. The fourth-order valence-electron chi connectivity index (χ4n) is 4.69. The smallest absolute Gasteiger partial charge is 0.255 e. The highest BCUT2D eigenvalue weighted by molar-refractivity contribution is 6.12. The molecule has 5 rings (SSSR count). The lowest BCUT2D eigenvalue weighted by Crippen LogP contribution is -2.31. The van der Waals surface area contributed by atoms with Crippen molar-refractivity contribution in [3.63, 3.8) is 0 Å². The van der Waals surface area contributed by atoms with Crippen LogP contribution in [0.1, 0.15) is 41.6 Å². The number of nitrogens with zero attached hydrogens (tertiary/aromatic N) is 1. The number of carbonyl (C=O) groups excluding carboxylic acids is 2. The minimum atomic E-state index is -0.513. The molecular weight excluding hydrogens is 380 g/mol. The highest BCUT2D eigenvalue weighted by Gasteiger charge is 2.50. The molecule has 0 unspecified atom stereocenters.